The lowest BCUT2D eigenvalue weighted by Crippen LogP contribution is -2.55. The molecule has 0 spiro atoms. The molecule has 1 rings (SSSR count). The van der Waals surface area contributed by atoms with Crippen LogP contribution in [-0.2, 0) is 13.3 Å². The van der Waals surface area contributed by atoms with E-state index in [0.29, 0.717) is 12.4 Å². The molecule has 0 N–H and O–H groups in total. The highest BCUT2D eigenvalue weighted by Gasteiger charge is 2.41. The van der Waals surface area contributed by atoms with Gasteiger partial charge in [-0.25, -0.2) is 0 Å². The molecule has 1 aromatic rings. The first-order chi connectivity index (χ1) is 7.29. The van der Waals surface area contributed by atoms with Crippen LogP contribution in [0.5, 0.6) is 0 Å². The van der Waals surface area contributed by atoms with Gasteiger partial charge < -0.3 is 13.3 Å². The summed E-state index contributed by atoms with van der Waals surface area (Å²) in [4.78, 5) is 0. The Morgan fingerprint density at radius 3 is 2.20 bits per heavy atom. The van der Waals surface area contributed by atoms with Gasteiger partial charge in [-0.15, -0.1) is 0 Å². The maximum absolute atomic E-state index is 5.68. The monoisotopic (exact) mass is 244 g/mol. The molecule has 3 nitrogen and oxygen atoms in total. The molecule has 0 atom stereocenters. The smallest absolute Gasteiger partial charge is 0.373 e. The molecule has 0 aliphatic heterocycles. The van der Waals surface area contributed by atoms with Crippen LogP contribution in [0.3, 0.4) is 0 Å². The van der Waals surface area contributed by atoms with Crippen LogP contribution in [0.4, 0.5) is 0 Å². The van der Waals surface area contributed by atoms with Crippen LogP contribution in [0.15, 0.2) is 30.3 Å². The van der Waals surface area contributed by atoms with Crippen molar-refractivity contribution in [3.8, 4) is 0 Å². The van der Waals surface area contributed by atoms with Gasteiger partial charge in [-0.1, -0.05) is 30.3 Å². The Kier molecular flexibility index (Phi) is 5.34. The van der Waals surface area contributed by atoms with Gasteiger partial charge in [0, 0.05) is 31.8 Å². The summed E-state index contributed by atoms with van der Waals surface area (Å²) < 4.78 is 16.6. The van der Waals surface area contributed by atoms with E-state index in [1.54, 1.807) is 14.2 Å². The zero-order valence-corrected chi connectivity index (χ0v) is 10.9. The quantitative estimate of drug-likeness (QED) is 0.599. The van der Waals surface area contributed by atoms with Gasteiger partial charge in [0.2, 0.25) is 0 Å². The van der Waals surface area contributed by atoms with Crippen molar-refractivity contribution in [3.63, 3.8) is 0 Å². The summed E-state index contributed by atoms with van der Waals surface area (Å²) in [5, 5.41) is 0.969. The summed E-state index contributed by atoms with van der Waals surface area (Å²) in [7, 11) is 0.535. The van der Waals surface area contributed by atoms with Crippen LogP contribution in [0.2, 0.25) is 0 Å². The van der Waals surface area contributed by atoms with E-state index < -0.39 is 8.80 Å². The van der Waals surface area contributed by atoms with Crippen LogP contribution >= 0.6 is 12.6 Å². The molecule has 0 fully saturated rings. The second-order valence-corrected chi connectivity index (χ2v) is 6.14. The molecule has 0 aliphatic carbocycles. The van der Waals surface area contributed by atoms with Gasteiger partial charge in [0.1, 0.15) is 0 Å². The van der Waals surface area contributed by atoms with Crippen molar-refractivity contribution in [2.45, 2.75) is 0 Å². The van der Waals surface area contributed by atoms with Gasteiger partial charge in [-0.2, -0.15) is 12.6 Å². The standard InChI is InChI=1S/C10H16O3SSi/c1-11-15(12-2,13-8-9-14)10-6-4-3-5-7-10/h3-7,14H,8-9H2,1-2H3. The predicted molar refractivity (Wildman–Crippen MR) is 65.7 cm³/mol. The molecule has 0 heterocycles. The fourth-order valence-electron chi connectivity index (χ4n) is 1.34. The lowest BCUT2D eigenvalue weighted by Gasteiger charge is -2.26. The molecule has 15 heavy (non-hydrogen) atoms. The Labute approximate surface area is 97.1 Å². The molecule has 0 aliphatic rings. The summed E-state index contributed by atoms with van der Waals surface area (Å²) >= 11 is 4.11. The van der Waals surface area contributed by atoms with Crippen molar-refractivity contribution in [1.29, 1.82) is 0 Å². The van der Waals surface area contributed by atoms with E-state index in [-0.39, 0.29) is 0 Å². The number of benzene rings is 1. The van der Waals surface area contributed by atoms with Crippen molar-refractivity contribution >= 4 is 26.6 Å². The Hall–Kier alpha value is -0.333. The van der Waals surface area contributed by atoms with Crippen LogP contribution in [0, 0.1) is 0 Å². The molecule has 0 amide bonds. The third kappa shape index (κ3) is 3.06. The summed E-state index contributed by atoms with van der Waals surface area (Å²) in [5.74, 6) is 0.647. The molecular formula is C10H16O3SSi. The third-order valence-electron chi connectivity index (χ3n) is 2.05. The first-order valence-electron chi connectivity index (χ1n) is 4.69. The van der Waals surface area contributed by atoms with Crippen molar-refractivity contribution in [2.75, 3.05) is 26.6 Å². The number of hydrogen-bond donors (Lipinski definition) is 1. The molecule has 0 unspecified atom stereocenters. The minimum Gasteiger partial charge on any atom is -0.373 e. The second kappa shape index (κ2) is 6.29. The Morgan fingerprint density at radius 2 is 1.73 bits per heavy atom. The van der Waals surface area contributed by atoms with E-state index in [1.807, 2.05) is 30.3 Å². The molecule has 1 aromatic carbocycles. The first kappa shape index (κ1) is 12.7. The van der Waals surface area contributed by atoms with E-state index >= 15 is 0 Å². The third-order valence-corrected chi connectivity index (χ3v) is 4.93. The van der Waals surface area contributed by atoms with E-state index in [1.165, 1.54) is 0 Å². The first-order valence-corrected chi connectivity index (χ1v) is 7.05. The lowest BCUT2D eigenvalue weighted by molar-refractivity contribution is 0.121. The average molecular weight is 244 g/mol. The molecule has 0 aromatic heterocycles. The fourth-order valence-corrected chi connectivity index (χ4v) is 3.62. The topological polar surface area (TPSA) is 27.7 Å². The minimum atomic E-state index is -2.69. The van der Waals surface area contributed by atoms with Crippen LogP contribution in [0.25, 0.3) is 0 Å². The van der Waals surface area contributed by atoms with Crippen molar-refractivity contribution in [3.05, 3.63) is 30.3 Å². The maximum Gasteiger partial charge on any atom is 0.536 e. The SMILES string of the molecule is CO[Si](OC)(OCCS)c1ccccc1. The van der Waals surface area contributed by atoms with E-state index in [4.69, 9.17) is 13.3 Å². The highest BCUT2D eigenvalue weighted by molar-refractivity contribution is 7.80. The largest absolute Gasteiger partial charge is 0.536 e. The molecule has 84 valence electrons. The average Bonchev–Trinajstić information content (AvgIpc) is 2.33. The van der Waals surface area contributed by atoms with Gasteiger partial charge >= 0.3 is 8.80 Å². The Balaban J connectivity index is 2.89. The molecule has 0 saturated heterocycles. The Bertz CT molecular complexity index is 277. The summed E-state index contributed by atoms with van der Waals surface area (Å²) in [6, 6.07) is 9.75. The fraction of sp³-hybridized carbons (Fsp3) is 0.400. The normalized spacial score (nSPS) is 11.7. The van der Waals surface area contributed by atoms with Gasteiger partial charge in [0.25, 0.3) is 0 Å². The van der Waals surface area contributed by atoms with Crippen LogP contribution in [-0.4, -0.2) is 35.4 Å². The van der Waals surface area contributed by atoms with Crippen molar-refractivity contribution < 1.29 is 13.3 Å². The number of thiol groups is 1. The van der Waals surface area contributed by atoms with Gasteiger partial charge in [0.15, 0.2) is 0 Å². The van der Waals surface area contributed by atoms with Crippen molar-refractivity contribution in [2.24, 2.45) is 0 Å². The van der Waals surface area contributed by atoms with Gasteiger partial charge in [-0.05, 0) is 0 Å². The molecule has 5 heteroatoms. The van der Waals surface area contributed by atoms with Crippen LogP contribution < -0.4 is 5.19 Å². The number of hydrogen-bond acceptors (Lipinski definition) is 4. The Morgan fingerprint density at radius 1 is 1.13 bits per heavy atom. The highest BCUT2D eigenvalue weighted by atomic mass is 32.1. The second-order valence-electron chi connectivity index (χ2n) is 2.90. The molecule has 0 saturated carbocycles. The summed E-state index contributed by atoms with van der Waals surface area (Å²) in [5.41, 5.74) is 0. The highest BCUT2D eigenvalue weighted by Crippen LogP contribution is 2.08. The van der Waals surface area contributed by atoms with Crippen molar-refractivity contribution in [1.82, 2.24) is 0 Å². The zero-order chi connectivity index (χ0) is 11.1. The predicted octanol–water partition coefficient (Wildman–Crippen LogP) is 1.07. The minimum absolute atomic E-state index is 0.520. The molecule has 0 bridgehead atoms. The van der Waals surface area contributed by atoms with Gasteiger partial charge in [0.05, 0.1) is 0 Å². The molecular weight excluding hydrogens is 228 g/mol. The van der Waals surface area contributed by atoms with E-state index in [2.05, 4.69) is 12.6 Å². The summed E-state index contributed by atoms with van der Waals surface area (Å²) in [6.45, 7) is 0.520. The van der Waals surface area contributed by atoms with Crippen LogP contribution in [0.1, 0.15) is 0 Å². The maximum atomic E-state index is 5.68. The zero-order valence-electron chi connectivity index (χ0n) is 8.97. The van der Waals surface area contributed by atoms with E-state index in [0.717, 1.165) is 5.19 Å². The summed E-state index contributed by atoms with van der Waals surface area (Å²) in [6.07, 6.45) is 0. The van der Waals surface area contributed by atoms with E-state index in [9.17, 15) is 0 Å². The lowest BCUT2D eigenvalue weighted by atomic mass is 10.4. The number of rotatable bonds is 6. The van der Waals surface area contributed by atoms with Gasteiger partial charge in [-0.3, -0.25) is 0 Å². The molecule has 0 radical (unpaired) electrons.